The van der Waals surface area contributed by atoms with Gasteiger partial charge in [-0.05, 0) is 0 Å². The van der Waals surface area contributed by atoms with Crippen molar-refractivity contribution in [3.63, 3.8) is 0 Å². The lowest BCUT2D eigenvalue weighted by Gasteiger charge is -2.23. The second-order valence-electron chi connectivity index (χ2n) is 2.77. The molecule has 13 heavy (non-hydrogen) atoms. The average molecular weight is 208 g/mol. The van der Waals surface area contributed by atoms with Crippen molar-refractivity contribution >= 4 is 8.80 Å². The molecule has 0 N–H and O–H groups in total. The van der Waals surface area contributed by atoms with E-state index in [1.54, 1.807) is 21.3 Å². The van der Waals surface area contributed by atoms with Gasteiger partial charge in [0, 0.05) is 21.3 Å². The second kappa shape index (κ2) is 5.04. The van der Waals surface area contributed by atoms with E-state index in [2.05, 4.69) is 0 Å². The predicted octanol–water partition coefficient (Wildman–Crippen LogP) is -0.181. The maximum atomic E-state index is 5.36. The Morgan fingerprint density at radius 2 is 1.77 bits per heavy atom. The number of epoxide rings is 1. The Kier molecular flexibility index (Phi) is 4.30. The Labute approximate surface area is 79.2 Å². The molecule has 0 aromatic heterocycles. The number of ether oxygens (including phenoxy) is 2. The van der Waals surface area contributed by atoms with Crippen LogP contribution in [0.2, 0.25) is 0 Å². The highest BCUT2D eigenvalue weighted by Gasteiger charge is 2.39. The number of hydrogen-bond acceptors (Lipinski definition) is 5. The molecule has 0 aromatic rings. The Hall–Kier alpha value is 0.0169. The van der Waals surface area contributed by atoms with E-state index in [0.29, 0.717) is 12.8 Å². The summed E-state index contributed by atoms with van der Waals surface area (Å²) in [6, 6.07) is 0. The molecule has 0 radical (unpaired) electrons. The minimum Gasteiger partial charge on any atom is -0.375 e. The molecule has 1 aliphatic rings. The molecule has 78 valence electrons. The Morgan fingerprint density at radius 1 is 1.23 bits per heavy atom. The van der Waals surface area contributed by atoms with E-state index in [1.165, 1.54) is 0 Å². The molecule has 0 bridgehead atoms. The molecule has 0 aromatic carbocycles. The van der Waals surface area contributed by atoms with Crippen molar-refractivity contribution in [1.82, 2.24) is 0 Å². The van der Waals surface area contributed by atoms with E-state index in [9.17, 15) is 0 Å². The first-order valence-corrected chi connectivity index (χ1v) is 6.04. The van der Waals surface area contributed by atoms with E-state index < -0.39 is 8.80 Å². The molecule has 0 saturated carbocycles. The topological polar surface area (TPSA) is 49.5 Å². The zero-order chi connectivity index (χ0) is 9.73. The third kappa shape index (κ3) is 3.33. The zero-order valence-corrected chi connectivity index (χ0v) is 9.24. The maximum absolute atomic E-state index is 5.36. The molecule has 1 rings (SSSR count). The fraction of sp³-hybridized carbons (Fsp3) is 1.00. The van der Waals surface area contributed by atoms with Crippen molar-refractivity contribution in [2.45, 2.75) is 6.10 Å². The van der Waals surface area contributed by atoms with Crippen LogP contribution >= 0.6 is 0 Å². The summed E-state index contributed by atoms with van der Waals surface area (Å²) in [6.45, 7) is 1.38. The van der Waals surface area contributed by atoms with Crippen molar-refractivity contribution in [2.24, 2.45) is 0 Å². The fourth-order valence-corrected chi connectivity index (χ4v) is 2.13. The molecule has 1 fully saturated rings. The molecule has 1 heterocycles. The van der Waals surface area contributed by atoms with Crippen LogP contribution < -0.4 is 0 Å². The van der Waals surface area contributed by atoms with Crippen LogP contribution in [0.3, 0.4) is 0 Å². The van der Waals surface area contributed by atoms with E-state index in [4.69, 9.17) is 22.8 Å². The lowest BCUT2D eigenvalue weighted by Crippen LogP contribution is -2.48. The Bertz CT molecular complexity index is 138. The lowest BCUT2D eigenvalue weighted by molar-refractivity contribution is 0.0584. The average Bonchev–Trinajstić information content (AvgIpc) is 2.97. The van der Waals surface area contributed by atoms with Gasteiger partial charge in [0.05, 0.1) is 13.2 Å². The molecule has 1 atom stereocenters. The molecule has 5 nitrogen and oxygen atoms in total. The molecular weight excluding hydrogens is 192 g/mol. The van der Waals surface area contributed by atoms with Gasteiger partial charge < -0.3 is 22.8 Å². The summed E-state index contributed by atoms with van der Waals surface area (Å²) in [5, 5.41) is 0. The van der Waals surface area contributed by atoms with Crippen LogP contribution in [0, 0.1) is 0 Å². The first-order valence-electron chi connectivity index (χ1n) is 4.11. The molecule has 6 heteroatoms. The van der Waals surface area contributed by atoms with Gasteiger partial charge in [-0.2, -0.15) is 0 Å². The SMILES string of the molecule is CO[Si](COCC1CO1)(OC)OC. The van der Waals surface area contributed by atoms with E-state index in [0.717, 1.165) is 6.61 Å². The van der Waals surface area contributed by atoms with Crippen molar-refractivity contribution in [3.8, 4) is 0 Å². The van der Waals surface area contributed by atoms with Crippen LogP contribution in [-0.2, 0) is 22.8 Å². The molecule has 1 saturated heterocycles. The summed E-state index contributed by atoms with van der Waals surface area (Å²) in [4.78, 5) is 0. The third-order valence-corrected chi connectivity index (χ3v) is 4.34. The number of rotatable bonds is 7. The van der Waals surface area contributed by atoms with Crippen LogP contribution in [-0.4, -0.2) is 55.7 Å². The predicted molar refractivity (Wildman–Crippen MR) is 47.3 cm³/mol. The first kappa shape index (κ1) is 11.1. The van der Waals surface area contributed by atoms with Gasteiger partial charge >= 0.3 is 8.80 Å². The van der Waals surface area contributed by atoms with Crippen LogP contribution in [0.1, 0.15) is 0 Å². The van der Waals surface area contributed by atoms with Gasteiger partial charge in [0.15, 0.2) is 0 Å². The van der Waals surface area contributed by atoms with Gasteiger partial charge in [-0.3, -0.25) is 0 Å². The summed E-state index contributed by atoms with van der Waals surface area (Å²) in [5.74, 6) is 0. The van der Waals surface area contributed by atoms with Crippen molar-refractivity contribution in [2.75, 3.05) is 40.8 Å². The molecule has 0 amide bonds. The highest BCUT2D eigenvalue weighted by Crippen LogP contribution is 2.11. The monoisotopic (exact) mass is 208 g/mol. The fourth-order valence-electron chi connectivity index (χ4n) is 0.906. The number of hydrogen-bond donors (Lipinski definition) is 0. The Morgan fingerprint density at radius 3 is 2.15 bits per heavy atom. The molecular formula is C7H16O5Si. The van der Waals surface area contributed by atoms with Gasteiger partial charge in [-0.15, -0.1) is 0 Å². The van der Waals surface area contributed by atoms with Crippen LogP contribution in [0.15, 0.2) is 0 Å². The third-order valence-electron chi connectivity index (χ3n) is 1.92. The molecule has 0 aliphatic carbocycles. The summed E-state index contributed by atoms with van der Waals surface area (Å²) < 4.78 is 25.9. The Balaban J connectivity index is 2.19. The van der Waals surface area contributed by atoms with Gasteiger partial charge in [0.25, 0.3) is 0 Å². The molecule has 1 unspecified atom stereocenters. The van der Waals surface area contributed by atoms with E-state index in [-0.39, 0.29) is 6.10 Å². The molecule has 1 aliphatic heterocycles. The minimum atomic E-state index is -2.53. The van der Waals surface area contributed by atoms with E-state index >= 15 is 0 Å². The largest absolute Gasteiger partial charge is 0.527 e. The minimum absolute atomic E-state index is 0.261. The first-order chi connectivity index (χ1) is 6.26. The van der Waals surface area contributed by atoms with Gasteiger partial charge in [0.1, 0.15) is 12.3 Å². The van der Waals surface area contributed by atoms with Gasteiger partial charge in [-0.1, -0.05) is 0 Å². The van der Waals surface area contributed by atoms with Crippen molar-refractivity contribution in [3.05, 3.63) is 0 Å². The maximum Gasteiger partial charge on any atom is 0.527 e. The van der Waals surface area contributed by atoms with E-state index in [1.807, 2.05) is 0 Å². The smallest absolute Gasteiger partial charge is 0.375 e. The van der Waals surface area contributed by atoms with Gasteiger partial charge in [-0.25, -0.2) is 0 Å². The second-order valence-corrected chi connectivity index (χ2v) is 5.65. The lowest BCUT2D eigenvalue weighted by atomic mass is 10.5. The molecule has 0 spiro atoms. The van der Waals surface area contributed by atoms with Crippen molar-refractivity contribution in [1.29, 1.82) is 0 Å². The normalized spacial score (nSPS) is 21.9. The van der Waals surface area contributed by atoms with Gasteiger partial charge in [0.2, 0.25) is 0 Å². The highest BCUT2D eigenvalue weighted by molar-refractivity contribution is 6.60. The standard InChI is InChI=1S/C7H16O5Si/c1-8-13(9-2,10-3)6-11-4-7-5-12-7/h7H,4-6H2,1-3H3. The zero-order valence-electron chi connectivity index (χ0n) is 8.24. The van der Waals surface area contributed by atoms with Crippen LogP contribution in [0.25, 0.3) is 0 Å². The van der Waals surface area contributed by atoms with Crippen LogP contribution in [0.5, 0.6) is 0 Å². The van der Waals surface area contributed by atoms with Crippen molar-refractivity contribution < 1.29 is 22.8 Å². The summed E-state index contributed by atoms with van der Waals surface area (Å²) in [7, 11) is 2.16. The summed E-state index contributed by atoms with van der Waals surface area (Å²) in [5.41, 5.74) is 0. The summed E-state index contributed by atoms with van der Waals surface area (Å²) in [6.07, 6.45) is 0.633. The quantitative estimate of drug-likeness (QED) is 0.429. The summed E-state index contributed by atoms with van der Waals surface area (Å²) >= 11 is 0. The van der Waals surface area contributed by atoms with Crippen LogP contribution in [0.4, 0.5) is 0 Å². The highest BCUT2D eigenvalue weighted by atomic mass is 28.4.